The van der Waals surface area contributed by atoms with Gasteiger partial charge in [-0.15, -0.1) is 0 Å². The van der Waals surface area contributed by atoms with Crippen LogP contribution < -0.4 is 0 Å². The molecule has 24 heavy (non-hydrogen) atoms. The van der Waals surface area contributed by atoms with E-state index in [9.17, 15) is 0 Å². The molecule has 0 N–H and O–H groups in total. The maximum atomic E-state index is 6.23. The summed E-state index contributed by atoms with van der Waals surface area (Å²) in [5, 5.41) is 1.52. The third kappa shape index (κ3) is 6.49. The standard InChI is InChI=1S/C17H21Cl3N2OS/c1-2-3-6-24-11-14(9-22-5-4-21-12-22)23-10-13-7-16(19)17(20)8-15(13)18/h4-5,7-8,12,14H,2-3,6,9-11H2,1H3. The Balaban J connectivity index is 1.95. The van der Waals surface area contributed by atoms with E-state index < -0.39 is 0 Å². The van der Waals surface area contributed by atoms with E-state index in [1.54, 1.807) is 24.7 Å². The Morgan fingerprint density at radius 3 is 2.71 bits per heavy atom. The van der Waals surface area contributed by atoms with Gasteiger partial charge in [-0.25, -0.2) is 4.98 Å². The number of ether oxygens (including phenoxy) is 1. The molecule has 2 aromatic rings. The summed E-state index contributed by atoms with van der Waals surface area (Å²) in [4.78, 5) is 4.09. The molecule has 3 nitrogen and oxygen atoms in total. The summed E-state index contributed by atoms with van der Waals surface area (Å²) < 4.78 is 8.13. The van der Waals surface area contributed by atoms with Gasteiger partial charge in [-0.05, 0) is 29.9 Å². The molecule has 0 fully saturated rings. The fourth-order valence-electron chi connectivity index (χ4n) is 2.13. The minimum atomic E-state index is 0.0755. The number of benzene rings is 1. The van der Waals surface area contributed by atoms with E-state index in [0.717, 1.165) is 23.6 Å². The fourth-order valence-corrected chi connectivity index (χ4v) is 3.87. The number of nitrogens with zero attached hydrogens (tertiary/aromatic N) is 2. The summed E-state index contributed by atoms with van der Waals surface area (Å²) in [6.45, 7) is 3.37. The van der Waals surface area contributed by atoms with E-state index in [2.05, 4.69) is 11.9 Å². The van der Waals surface area contributed by atoms with Crippen LogP contribution in [0.4, 0.5) is 0 Å². The van der Waals surface area contributed by atoms with Gasteiger partial charge in [-0.1, -0.05) is 48.1 Å². The SMILES string of the molecule is CCCCSCC(Cn1ccnc1)OCc1cc(Cl)c(Cl)cc1Cl. The van der Waals surface area contributed by atoms with Crippen molar-refractivity contribution in [3.05, 3.63) is 51.5 Å². The molecule has 0 saturated carbocycles. The minimum Gasteiger partial charge on any atom is -0.371 e. The molecule has 2 rings (SSSR count). The molecular formula is C17H21Cl3N2OS. The van der Waals surface area contributed by atoms with E-state index in [-0.39, 0.29) is 6.10 Å². The minimum absolute atomic E-state index is 0.0755. The highest BCUT2D eigenvalue weighted by molar-refractivity contribution is 7.99. The van der Waals surface area contributed by atoms with E-state index >= 15 is 0 Å². The zero-order valence-electron chi connectivity index (χ0n) is 13.6. The van der Waals surface area contributed by atoms with Gasteiger partial charge in [0.15, 0.2) is 0 Å². The number of hydrogen-bond acceptors (Lipinski definition) is 3. The van der Waals surface area contributed by atoms with Crippen molar-refractivity contribution in [1.82, 2.24) is 9.55 Å². The van der Waals surface area contributed by atoms with Gasteiger partial charge in [0.05, 0.1) is 35.6 Å². The normalized spacial score (nSPS) is 12.5. The van der Waals surface area contributed by atoms with Crippen LogP contribution in [0.2, 0.25) is 15.1 Å². The van der Waals surface area contributed by atoms with E-state index in [1.807, 2.05) is 22.5 Å². The zero-order chi connectivity index (χ0) is 17.4. The molecule has 1 aromatic carbocycles. The molecule has 0 amide bonds. The van der Waals surface area contributed by atoms with Crippen molar-refractivity contribution in [2.24, 2.45) is 0 Å². The van der Waals surface area contributed by atoms with Gasteiger partial charge in [0.25, 0.3) is 0 Å². The number of thioether (sulfide) groups is 1. The molecule has 1 heterocycles. The van der Waals surface area contributed by atoms with Crippen molar-refractivity contribution >= 4 is 46.6 Å². The first-order chi connectivity index (χ1) is 11.6. The number of unbranched alkanes of at least 4 members (excludes halogenated alkanes) is 1. The second-order valence-corrected chi connectivity index (χ2v) is 7.85. The molecule has 7 heteroatoms. The Morgan fingerprint density at radius 1 is 1.21 bits per heavy atom. The Kier molecular flexibility index (Phi) is 8.77. The van der Waals surface area contributed by atoms with Crippen molar-refractivity contribution in [3.8, 4) is 0 Å². The number of halogens is 3. The van der Waals surface area contributed by atoms with Gasteiger partial charge in [0.2, 0.25) is 0 Å². The second kappa shape index (κ2) is 10.6. The van der Waals surface area contributed by atoms with E-state index in [0.29, 0.717) is 21.7 Å². The van der Waals surface area contributed by atoms with Crippen molar-refractivity contribution in [1.29, 1.82) is 0 Å². The maximum absolute atomic E-state index is 6.23. The molecule has 1 aromatic heterocycles. The lowest BCUT2D eigenvalue weighted by molar-refractivity contribution is 0.0451. The smallest absolute Gasteiger partial charge is 0.0946 e. The predicted octanol–water partition coefficient (Wildman–Crippen LogP) is 5.96. The monoisotopic (exact) mass is 406 g/mol. The quantitative estimate of drug-likeness (QED) is 0.359. The van der Waals surface area contributed by atoms with Crippen LogP contribution in [0.15, 0.2) is 30.9 Å². The van der Waals surface area contributed by atoms with Gasteiger partial charge in [-0.3, -0.25) is 0 Å². The summed E-state index contributed by atoms with van der Waals surface area (Å²) in [7, 11) is 0. The molecule has 0 radical (unpaired) electrons. The van der Waals surface area contributed by atoms with Crippen LogP contribution in [0.5, 0.6) is 0 Å². The first-order valence-corrected chi connectivity index (χ1v) is 10.2. The topological polar surface area (TPSA) is 27.1 Å². The van der Waals surface area contributed by atoms with Crippen LogP contribution in [-0.2, 0) is 17.9 Å². The Hall–Kier alpha value is -0.390. The van der Waals surface area contributed by atoms with Crippen molar-refractivity contribution < 1.29 is 4.74 Å². The average Bonchev–Trinajstić information content (AvgIpc) is 3.06. The van der Waals surface area contributed by atoms with E-state index in [4.69, 9.17) is 39.5 Å². The molecule has 0 aliphatic carbocycles. The lowest BCUT2D eigenvalue weighted by Gasteiger charge is -2.19. The average molecular weight is 408 g/mol. The third-order valence-corrected chi connectivity index (χ3v) is 5.74. The number of hydrogen-bond donors (Lipinski definition) is 0. The third-order valence-electron chi connectivity index (χ3n) is 3.48. The highest BCUT2D eigenvalue weighted by Crippen LogP contribution is 2.29. The first-order valence-electron chi connectivity index (χ1n) is 7.88. The highest BCUT2D eigenvalue weighted by Gasteiger charge is 2.13. The van der Waals surface area contributed by atoms with Crippen LogP contribution in [0.25, 0.3) is 0 Å². The molecule has 0 saturated heterocycles. The second-order valence-electron chi connectivity index (χ2n) is 5.48. The van der Waals surface area contributed by atoms with Gasteiger partial charge >= 0.3 is 0 Å². The Labute approximate surface area is 162 Å². The van der Waals surface area contributed by atoms with Crippen LogP contribution >= 0.6 is 46.6 Å². The van der Waals surface area contributed by atoms with Crippen LogP contribution in [0, 0.1) is 0 Å². The Morgan fingerprint density at radius 2 is 2.00 bits per heavy atom. The van der Waals surface area contributed by atoms with Gasteiger partial charge < -0.3 is 9.30 Å². The summed E-state index contributed by atoms with van der Waals surface area (Å²) in [5.74, 6) is 2.07. The van der Waals surface area contributed by atoms with Crippen LogP contribution in [0.1, 0.15) is 25.3 Å². The fraction of sp³-hybridized carbons (Fsp3) is 0.471. The van der Waals surface area contributed by atoms with Gasteiger partial charge in [-0.2, -0.15) is 11.8 Å². The highest BCUT2D eigenvalue weighted by atomic mass is 35.5. The molecule has 132 valence electrons. The molecule has 0 spiro atoms. The van der Waals surface area contributed by atoms with Gasteiger partial charge in [0.1, 0.15) is 0 Å². The summed E-state index contributed by atoms with van der Waals surface area (Å²) in [6, 6.07) is 3.43. The molecule has 0 bridgehead atoms. The van der Waals surface area contributed by atoms with Crippen molar-refractivity contribution in [3.63, 3.8) is 0 Å². The number of rotatable bonds is 10. The molecule has 1 unspecified atom stereocenters. The lowest BCUT2D eigenvalue weighted by Crippen LogP contribution is -2.22. The van der Waals surface area contributed by atoms with E-state index in [1.165, 1.54) is 12.8 Å². The van der Waals surface area contributed by atoms with Crippen LogP contribution in [-0.4, -0.2) is 27.2 Å². The van der Waals surface area contributed by atoms with Crippen molar-refractivity contribution in [2.45, 2.75) is 39.0 Å². The zero-order valence-corrected chi connectivity index (χ0v) is 16.6. The number of aromatic nitrogens is 2. The number of imidazole rings is 1. The van der Waals surface area contributed by atoms with Crippen LogP contribution in [0.3, 0.4) is 0 Å². The first kappa shape index (κ1) is 19.9. The summed E-state index contributed by atoms with van der Waals surface area (Å²) >= 11 is 20.2. The summed E-state index contributed by atoms with van der Waals surface area (Å²) in [6.07, 6.45) is 8.03. The van der Waals surface area contributed by atoms with Gasteiger partial charge in [0, 0.05) is 23.2 Å². The maximum Gasteiger partial charge on any atom is 0.0946 e. The molecule has 0 aliphatic heterocycles. The largest absolute Gasteiger partial charge is 0.371 e. The molecular weight excluding hydrogens is 387 g/mol. The lowest BCUT2D eigenvalue weighted by atomic mass is 10.2. The summed E-state index contributed by atoms with van der Waals surface area (Å²) in [5.41, 5.74) is 0.847. The van der Waals surface area contributed by atoms with Crippen molar-refractivity contribution in [2.75, 3.05) is 11.5 Å². The predicted molar refractivity (Wildman–Crippen MR) is 105 cm³/mol. The molecule has 1 atom stereocenters. The Bertz CT molecular complexity index is 623. The molecule has 0 aliphatic rings.